The lowest BCUT2D eigenvalue weighted by molar-refractivity contribution is -0.0600. The molecule has 226 valence electrons. The molecule has 41 heavy (non-hydrogen) atoms. The predicted molar refractivity (Wildman–Crippen MR) is 162 cm³/mol. The van der Waals surface area contributed by atoms with Crippen LogP contribution < -0.4 is 10.1 Å². The first-order chi connectivity index (χ1) is 19.9. The molecule has 5 rings (SSSR count). The van der Waals surface area contributed by atoms with E-state index in [4.69, 9.17) is 18.9 Å². The number of piperidine rings is 1. The SMILES string of the molecule is COC1COCC[C@@H]1C.COc1c(NC[C@H]2CCC[C@@H](c3ccc(C)cc3)O2)ccnc1C(=O)N1CCC(C)CC1. The molecule has 1 amide bonds. The second kappa shape index (κ2) is 15.5. The van der Waals surface area contributed by atoms with Crippen molar-refractivity contribution in [3.05, 3.63) is 53.3 Å². The lowest BCUT2D eigenvalue weighted by atomic mass is 9.97. The van der Waals surface area contributed by atoms with Gasteiger partial charge in [0.1, 0.15) is 0 Å². The number of aromatic nitrogens is 1. The number of carbonyl (C=O) groups excluding carboxylic acids is 1. The minimum absolute atomic E-state index is 0.0502. The number of rotatable bonds is 7. The van der Waals surface area contributed by atoms with Crippen molar-refractivity contribution >= 4 is 11.6 Å². The number of hydrogen-bond acceptors (Lipinski definition) is 7. The summed E-state index contributed by atoms with van der Waals surface area (Å²) in [5.74, 6) is 1.80. The number of hydrogen-bond donors (Lipinski definition) is 1. The maximum atomic E-state index is 13.1. The van der Waals surface area contributed by atoms with Gasteiger partial charge in [-0.15, -0.1) is 0 Å². The van der Waals surface area contributed by atoms with Gasteiger partial charge in [0.25, 0.3) is 5.91 Å². The molecular weight excluding hydrogens is 518 g/mol. The van der Waals surface area contributed by atoms with Gasteiger partial charge in [-0.3, -0.25) is 4.79 Å². The number of aryl methyl sites for hydroxylation is 1. The molecule has 0 radical (unpaired) electrons. The van der Waals surface area contributed by atoms with Gasteiger partial charge in [0.2, 0.25) is 0 Å². The molecule has 8 heteroatoms. The molecule has 0 aliphatic carbocycles. The summed E-state index contributed by atoms with van der Waals surface area (Å²) in [5, 5.41) is 3.46. The van der Waals surface area contributed by atoms with Crippen LogP contribution in [0.15, 0.2) is 36.5 Å². The summed E-state index contributed by atoms with van der Waals surface area (Å²) in [6.45, 7) is 10.4. The zero-order valence-corrected chi connectivity index (χ0v) is 25.6. The highest BCUT2D eigenvalue weighted by atomic mass is 16.5. The summed E-state index contributed by atoms with van der Waals surface area (Å²) in [6.07, 6.45) is 8.66. The zero-order valence-electron chi connectivity index (χ0n) is 25.6. The van der Waals surface area contributed by atoms with Gasteiger partial charge in [-0.05, 0) is 68.9 Å². The van der Waals surface area contributed by atoms with Crippen molar-refractivity contribution in [2.75, 3.05) is 52.4 Å². The van der Waals surface area contributed by atoms with Gasteiger partial charge >= 0.3 is 0 Å². The lowest BCUT2D eigenvalue weighted by Crippen LogP contribution is -2.38. The number of anilines is 1. The lowest BCUT2D eigenvalue weighted by Gasteiger charge is -2.31. The molecule has 3 fully saturated rings. The number of nitrogens with one attached hydrogen (secondary N) is 1. The third kappa shape index (κ3) is 8.66. The second-order valence-corrected chi connectivity index (χ2v) is 11.8. The van der Waals surface area contributed by atoms with Crippen molar-refractivity contribution in [3.63, 3.8) is 0 Å². The third-order valence-electron chi connectivity index (χ3n) is 8.64. The summed E-state index contributed by atoms with van der Waals surface area (Å²) in [7, 11) is 3.34. The number of carbonyl (C=O) groups is 1. The van der Waals surface area contributed by atoms with E-state index in [1.807, 2.05) is 11.0 Å². The number of nitrogens with zero attached hydrogens (tertiary/aromatic N) is 2. The maximum absolute atomic E-state index is 13.1. The summed E-state index contributed by atoms with van der Waals surface area (Å²) in [4.78, 5) is 19.4. The maximum Gasteiger partial charge on any atom is 0.276 e. The summed E-state index contributed by atoms with van der Waals surface area (Å²) < 4.78 is 22.4. The standard InChI is InChI=1S/C26H35N3O3.C7H14O2/c1-18-7-9-20(10-8-18)23-6-4-5-21(32-23)17-28-22-11-14-27-24(25(22)31-3)26(30)29-15-12-19(2)13-16-29;1-6-3-4-9-5-7(6)8-2/h7-11,14,19,21,23H,4-6,12-13,15-17H2,1-3H3,(H,27,28);6-7H,3-5H2,1-2H3/t21-,23+;6-,7?/m10/s1. The fraction of sp³-hybridized carbons (Fsp3) is 0.636. The fourth-order valence-electron chi connectivity index (χ4n) is 5.73. The van der Waals surface area contributed by atoms with E-state index in [1.165, 1.54) is 11.1 Å². The average Bonchev–Trinajstić information content (AvgIpc) is 3.01. The van der Waals surface area contributed by atoms with Gasteiger partial charge in [-0.1, -0.05) is 43.7 Å². The smallest absolute Gasteiger partial charge is 0.276 e. The van der Waals surface area contributed by atoms with Crippen LogP contribution in [0.3, 0.4) is 0 Å². The Morgan fingerprint density at radius 3 is 2.46 bits per heavy atom. The van der Waals surface area contributed by atoms with E-state index in [-0.39, 0.29) is 18.1 Å². The van der Waals surface area contributed by atoms with Crippen molar-refractivity contribution in [1.82, 2.24) is 9.88 Å². The minimum Gasteiger partial charge on any atom is -0.492 e. The van der Waals surface area contributed by atoms with Gasteiger partial charge in [0.05, 0.1) is 37.7 Å². The van der Waals surface area contributed by atoms with E-state index in [0.717, 1.165) is 70.5 Å². The van der Waals surface area contributed by atoms with Crippen LogP contribution >= 0.6 is 0 Å². The highest BCUT2D eigenvalue weighted by Crippen LogP contribution is 2.33. The molecule has 4 heterocycles. The van der Waals surface area contributed by atoms with E-state index >= 15 is 0 Å². The van der Waals surface area contributed by atoms with Crippen molar-refractivity contribution in [3.8, 4) is 5.75 Å². The molecule has 1 N–H and O–H groups in total. The molecule has 2 aromatic rings. The molecule has 1 aromatic heterocycles. The van der Waals surface area contributed by atoms with Gasteiger partial charge in [0.15, 0.2) is 11.4 Å². The third-order valence-corrected chi connectivity index (χ3v) is 8.64. The molecule has 1 unspecified atom stereocenters. The van der Waals surface area contributed by atoms with Gasteiger partial charge in [-0.2, -0.15) is 0 Å². The monoisotopic (exact) mass is 567 g/mol. The van der Waals surface area contributed by atoms with E-state index in [9.17, 15) is 4.79 Å². The number of amides is 1. The average molecular weight is 568 g/mol. The van der Waals surface area contributed by atoms with E-state index in [1.54, 1.807) is 20.4 Å². The number of benzene rings is 1. The van der Waals surface area contributed by atoms with Crippen LogP contribution in [-0.2, 0) is 14.2 Å². The Morgan fingerprint density at radius 1 is 1.05 bits per heavy atom. The van der Waals surface area contributed by atoms with E-state index in [2.05, 4.69) is 55.3 Å². The number of likely N-dealkylation sites (tertiary alicyclic amines) is 1. The number of pyridine rings is 1. The van der Waals surface area contributed by atoms with Crippen LogP contribution in [-0.4, -0.2) is 75.1 Å². The first-order valence-corrected chi connectivity index (χ1v) is 15.3. The summed E-state index contributed by atoms with van der Waals surface area (Å²) in [5.41, 5.74) is 3.67. The van der Waals surface area contributed by atoms with Crippen LogP contribution in [0.4, 0.5) is 5.69 Å². The Kier molecular flexibility index (Phi) is 11.8. The normalized spacial score (nSPS) is 25.1. The Bertz CT molecular complexity index is 1090. The first-order valence-electron chi connectivity index (χ1n) is 15.3. The number of methoxy groups -OCH3 is 2. The molecule has 8 nitrogen and oxygen atoms in total. The fourth-order valence-corrected chi connectivity index (χ4v) is 5.73. The summed E-state index contributed by atoms with van der Waals surface area (Å²) in [6, 6.07) is 10.5. The zero-order chi connectivity index (χ0) is 29.2. The van der Waals surface area contributed by atoms with E-state index < -0.39 is 0 Å². The largest absolute Gasteiger partial charge is 0.492 e. The highest BCUT2D eigenvalue weighted by molar-refractivity contribution is 5.96. The molecule has 3 aliphatic rings. The van der Waals surface area contributed by atoms with Crippen LogP contribution in [0, 0.1) is 18.8 Å². The molecular formula is C33H49N3O5. The Hall–Kier alpha value is -2.68. The highest BCUT2D eigenvalue weighted by Gasteiger charge is 2.28. The van der Waals surface area contributed by atoms with Crippen LogP contribution in [0.5, 0.6) is 5.75 Å². The predicted octanol–water partition coefficient (Wildman–Crippen LogP) is 6.05. The Morgan fingerprint density at radius 2 is 1.80 bits per heavy atom. The van der Waals surface area contributed by atoms with Gasteiger partial charge in [-0.25, -0.2) is 4.98 Å². The van der Waals surface area contributed by atoms with Crippen LogP contribution in [0.25, 0.3) is 0 Å². The molecule has 0 saturated carbocycles. The molecule has 0 spiro atoms. The minimum atomic E-state index is -0.0502. The first kappa shape index (κ1) is 31.3. The molecule has 4 atom stereocenters. The second-order valence-electron chi connectivity index (χ2n) is 11.8. The topological polar surface area (TPSA) is 82.1 Å². The molecule has 3 saturated heterocycles. The van der Waals surface area contributed by atoms with E-state index in [0.29, 0.717) is 35.9 Å². The van der Waals surface area contributed by atoms with Crippen LogP contribution in [0.2, 0.25) is 0 Å². The van der Waals surface area contributed by atoms with Crippen molar-refractivity contribution in [2.45, 2.75) is 77.6 Å². The quantitative estimate of drug-likeness (QED) is 0.436. The molecule has 3 aliphatic heterocycles. The van der Waals surface area contributed by atoms with Gasteiger partial charge < -0.3 is 29.2 Å². The van der Waals surface area contributed by atoms with Crippen molar-refractivity contribution in [1.29, 1.82) is 0 Å². The molecule has 0 bridgehead atoms. The number of ether oxygens (including phenoxy) is 4. The van der Waals surface area contributed by atoms with Gasteiger partial charge in [0, 0.05) is 39.5 Å². The Balaban J connectivity index is 0.000000367. The van der Waals surface area contributed by atoms with Crippen LogP contribution in [0.1, 0.15) is 80.1 Å². The summed E-state index contributed by atoms with van der Waals surface area (Å²) >= 11 is 0. The molecule has 1 aromatic carbocycles. The van der Waals surface area contributed by atoms with Crippen molar-refractivity contribution < 1.29 is 23.7 Å². The van der Waals surface area contributed by atoms with Crippen molar-refractivity contribution in [2.24, 2.45) is 11.8 Å². The Labute approximate surface area is 246 Å².